The van der Waals surface area contributed by atoms with Gasteiger partial charge in [-0.3, -0.25) is 4.79 Å². The molecule has 0 amide bonds. The normalized spacial score (nSPS) is 9.94. The Morgan fingerprint density at radius 3 is 1.94 bits per heavy atom. The summed E-state index contributed by atoms with van der Waals surface area (Å²) < 4.78 is 5.11. The van der Waals surface area contributed by atoms with Gasteiger partial charge in [-0.2, -0.15) is 0 Å². The van der Waals surface area contributed by atoms with Gasteiger partial charge in [0.25, 0.3) is 0 Å². The van der Waals surface area contributed by atoms with Crippen LogP contribution in [0.1, 0.15) is 21.5 Å². The van der Waals surface area contributed by atoms with E-state index < -0.39 is 0 Å². The molecule has 2 heteroatoms. The lowest BCUT2D eigenvalue weighted by molar-refractivity contribution is 0.112. The quantitative estimate of drug-likeness (QED) is 0.749. The fraction of sp³-hybridized carbons (Fsp3) is 0.133. The molecule has 0 aromatic heterocycles. The highest BCUT2D eigenvalue weighted by Crippen LogP contribution is 2.15. The summed E-state index contributed by atoms with van der Waals surface area (Å²) in [6, 6.07) is 15.6. The van der Waals surface area contributed by atoms with Crippen molar-refractivity contribution in [3.63, 3.8) is 0 Å². The average molecular weight is 226 g/mol. The first-order valence-electron chi connectivity index (χ1n) is 5.49. The molecule has 0 unspecified atom stereocenters. The molecule has 0 heterocycles. The van der Waals surface area contributed by atoms with Gasteiger partial charge < -0.3 is 4.74 Å². The van der Waals surface area contributed by atoms with Crippen LogP contribution in [0.25, 0.3) is 0 Å². The Kier molecular flexibility index (Phi) is 3.55. The molecule has 86 valence electrons. The van der Waals surface area contributed by atoms with Crippen molar-refractivity contribution in [2.45, 2.75) is 6.42 Å². The predicted octanol–water partition coefficient (Wildman–Crippen LogP) is 3.10. The van der Waals surface area contributed by atoms with E-state index >= 15 is 0 Å². The van der Waals surface area contributed by atoms with E-state index in [4.69, 9.17) is 4.74 Å². The van der Waals surface area contributed by atoms with Gasteiger partial charge in [0, 0.05) is 5.56 Å². The molecule has 2 nitrogen and oxygen atoms in total. The summed E-state index contributed by atoms with van der Waals surface area (Å²) in [5.41, 5.74) is 3.13. The Hall–Kier alpha value is -2.09. The van der Waals surface area contributed by atoms with Gasteiger partial charge in [0.05, 0.1) is 7.11 Å². The monoisotopic (exact) mass is 226 g/mol. The topological polar surface area (TPSA) is 26.3 Å². The Morgan fingerprint density at radius 2 is 1.47 bits per heavy atom. The lowest BCUT2D eigenvalue weighted by atomic mass is 10.0. The van der Waals surface area contributed by atoms with E-state index in [1.54, 1.807) is 7.11 Å². The molecule has 0 saturated carbocycles. The van der Waals surface area contributed by atoms with Gasteiger partial charge in [-0.05, 0) is 29.7 Å². The summed E-state index contributed by atoms with van der Waals surface area (Å²) in [6.07, 6.45) is 1.72. The number of hydrogen-bond acceptors (Lipinski definition) is 2. The Balaban J connectivity index is 2.10. The van der Waals surface area contributed by atoms with Gasteiger partial charge in [0.2, 0.25) is 0 Å². The molecule has 0 N–H and O–H groups in total. The predicted molar refractivity (Wildman–Crippen MR) is 67.6 cm³/mol. The zero-order valence-electron chi connectivity index (χ0n) is 9.72. The molecule has 0 radical (unpaired) electrons. The summed E-state index contributed by atoms with van der Waals surface area (Å²) in [7, 11) is 1.66. The first kappa shape index (κ1) is 11.4. The van der Waals surface area contributed by atoms with Gasteiger partial charge >= 0.3 is 0 Å². The highest BCUT2D eigenvalue weighted by Gasteiger charge is 1.97. The summed E-state index contributed by atoms with van der Waals surface area (Å²) in [5.74, 6) is 0.866. The van der Waals surface area contributed by atoms with Crippen molar-refractivity contribution in [1.82, 2.24) is 0 Å². The van der Waals surface area contributed by atoms with Crippen LogP contribution in [0.5, 0.6) is 5.75 Å². The van der Waals surface area contributed by atoms with Gasteiger partial charge in [-0.25, -0.2) is 0 Å². The van der Waals surface area contributed by atoms with Crippen molar-refractivity contribution in [3.05, 3.63) is 65.2 Å². The molecule has 0 spiro atoms. The first-order chi connectivity index (χ1) is 8.31. The third-order valence-electron chi connectivity index (χ3n) is 2.68. The third kappa shape index (κ3) is 2.94. The van der Waals surface area contributed by atoms with E-state index in [9.17, 15) is 4.79 Å². The number of methoxy groups -OCH3 is 1. The van der Waals surface area contributed by atoms with Gasteiger partial charge in [-0.15, -0.1) is 0 Å². The molecular weight excluding hydrogens is 212 g/mol. The second-order valence-electron chi connectivity index (χ2n) is 3.88. The van der Waals surface area contributed by atoms with E-state index in [0.717, 1.165) is 18.5 Å². The van der Waals surface area contributed by atoms with E-state index in [1.165, 1.54) is 11.1 Å². The second kappa shape index (κ2) is 5.30. The SMILES string of the molecule is COc1ccc(Cc2ccc(C=O)cc2)cc1. The summed E-state index contributed by atoms with van der Waals surface area (Å²) in [5, 5.41) is 0. The third-order valence-corrected chi connectivity index (χ3v) is 2.68. The highest BCUT2D eigenvalue weighted by molar-refractivity contribution is 5.74. The van der Waals surface area contributed by atoms with Crippen LogP contribution in [0.15, 0.2) is 48.5 Å². The van der Waals surface area contributed by atoms with Crippen LogP contribution in [0, 0.1) is 0 Å². The van der Waals surface area contributed by atoms with Crippen LogP contribution < -0.4 is 4.74 Å². The van der Waals surface area contributed by atoms with Crippen LogP contribution in [0.4, 0.5) is 0 Å². The molecule has 0 aliphatic heterocycles. The van der Waals surface area contributed by atoms with Crippen molar-refractivity contribution < 1.29 is 9.53 Å². The number of carbonyl (C=O) groups excluding carboxylic acids is 1. The zero-order valence-corrected chi connectivity index (χ0v) is 9.72. The van der Waals surface area contributed by atoms with Crippen LogP contribution in [-0.4, -0.2) is 13.4 Å². The summed E-state index contributed by atoms with van der Waals surface area (Å²) in [4.78, 5) is 10.5. The average Bonchev–Trinajstić information content (AvgIpc) is 2.40. The largest absolute Gasteiger partial charge is 0.497 e. The van der Waals surface area contributed by atoms with E-state index in [1.807, 2.05) is 48.5 Å². The Bertz CT molecular complexity index is 483. The van der Waals surface area contributed by atoms with Crippen LogP contribution in [-0.2, 0) is 6.42 Å². The summed E-state index contributed by atoms with van der Waals surface area (Å²) >= 11 is 0. The molecule has 17 heavy (non-hydrogen) atoms. The fourth-order valence-corrected chi connectivity index (χ4v) is 1.69. The number of aldehydes is 1. The molecular formula is C15H14O2. The molecule has 0 atom stereocenters. The van der Waals surface area contributed by atoms with Crippen molar-refractivity contribution >= 4 is 6.29 Å². The number of benzene rings is 2. The minimum Gasteiger partial charge on any atom is -0.497 e. The van der Waals surface area contributed by atoms with Crippen molar-refractivity contribution in [3.8, 4) is 5.75 Å². The maximum Gasteiger partial charge on any atom is 0.150 e. The molecule has 0 aliphatic rings. The summed E-state index contributed by atoms with van der Waals surface area (Å²) in [6.45, 7) is 0. The van der Waals surface area contributed by atoms with Gasteiger partial charge in [0.15, 0.2) is 0 Å². The molecule has 0 bridgehead atoms. The number of rotatable bonds is 4. The molecule has 0 saturated heterocycles. The minimum atomic E-state index is 0.712. The Labute approximate surface area is 101 Å². The van der Waals surface area contributed by atoms with Gasteiger partial charge in [-0.1, -0.05) is 36.4 Å². The maximum atomic E-state index is 10.5. The van der Waals surface area contributed by atoms with E-state index in [-0.39, 0.29) is 0 Å². The standard InChI is InChI=1S/C15H14O2/c1-17-15-8-6-13(7-9-15)10-12-2-4-14(11-16)5-3-12/h2-9,11H,10H2,1H3. The van der Waals surface area contributed by atoms with Crippen LogP contribution >= 0.6 is 0 Å². The molecule has 2 rings (SSSR count). The lowest BCUT2D eigenvalue weighted by Gasteiger charge is -2.04. The van der Waals surface area contributed by atoms with Crippen molar-refractivity contribution in [2.75, 3.05) is 7.11 Å². The Morgan fingerprint density at radius 1 is 0.941 bits per heavy atom. The van der Waals surface area contributed by atoms with Gasteiger partial charge in [0.1, 0.15) is 12.0 Å². The number of ether oxygens (including phenoxy) is 1. The molecule has 0 fully saturated rings. The highest BCUT2D eigenvalue weighted by atomic mass is 16.5. The molecule has 0 aliphatic carbocycles. The van der Waals surface area contributed by atoms with E-state index in [0.29, 0.717) is 5.56 Å². The van der Waals surface area contributed by atoms with E-state index in [2.05, 4.69) is 0 Å². The molecule has 2 aromatic rings. The number of hydrogen-bond donors (Lipinski definition) is 0. The fourth-order valence-electron chi connectivity index (χ4n) is 1.69. The first-order valence-corrected chi connectivity index (χ1v) is 5.49. The lowest BCUT2D eigenvalue weighted by Crippen LogP contribution is -1.89. The second-order valence-corrected chi connectivity index (χ2v) is 3.88. The van der Waals surface area contributed by atoms with Crippen LogP contribution in [0.3, 0.4) is 0 Å². The zero-order chi connectivity index (χ0) is 12.1. The minimum absolute atomic E-state index is 0.712. The maximum absolute atomic E-state index is 10.5. The van der Waals surface area contributed by atoms with Crippen LogP contribution in [0.2, 0.25) is 0 Å². The number of carbonyl (C=O) groups is 1. The molecule has 2 aromatic carbocycles. The van der Waals surface area contributed by atoms with Crippen molar-refractivity contribution in [2.24, 2.45) is 0 Å². The van der Waals surface area contributed by atoms with Crippen molar-refractivity contribution in [1.29, 1.82) is 0 Å². The smallest absolute Gasteiger partial charge is 0.150 e.